The summed E-state index contributed by atoms with van der Waals surface area (Å²) in [6, 6.07) is 9.80. The van der Waals surface area contributed by atoms with Crippen molar-refractivity contribution in [3.05, 3.63) is 42.0 Å². The van der Waals surface area contributed by atoms with E-state index in [1.807, 2.05) is 31.2 Å². The molecule has 0 saturated carbocycles. The van der Waals surface area contributed by atoms with Crippen LogP contribution in [-0.4, -0.2) is 9.97 Å². The van der Waals surface area contributed by atoms with E-state index in [1.165, 1.54) is 0 Å². The molecule has 0 spiro atoms. The third-order valence-electron chi connectivity index (χ3n) is 2.68. The Bertz CT molecular complexity index is 731. The fourth-order valence-corrected chi connectivity index (χ4v) is 1.94. The van der Waals surface area contributed by atoms with Crippen LogP contribution in [0.4, 0.5) is 0 Å². The largest absolute Gasteiger partial charge is 0.464 e. The first-order valence-corrected chi connectivity index (χ1v) is 5.23. The number of hydrogen-bond donors (Lipinski definition) is 1. The average Bonchev–Trinajstić information content (AvgIpc) is 2.91. The van der Waals surface area contributed by atoms with E-state index in [0.29, 0.717) is 5.69 Å². The van der Waals surface area contributed by atoms with E-state index in [2.05, 4.69) is 16.0 Å². The molecule has 0 bridgehead atoms. The summed E-state index contributed by atoms with van der Waals surface area (Å²) in [4.78, 5) is 7.23. The van der Waals surface area contributed by atoms with Crippen molar-refractivity contribution < 1.29 is 4.42 Å². The Morgan fingerprint density at radius 2 is 2.18 bits per heavy atom. The summed E-state index contributed by atoms with van der Waals surface area (Å²) >= 11 is 0. The summed E-state index contributed by atoms with van der Waals surface area (Å²) < 4.78 is 5.46. The lowest BCUT2D eigenvalue weighted by Gasteiger charge is -1.93. The molecule has 0 aliphatic rings. The third kappa shape index (κ3) is 1.41. The van der Waals surface area contributed by atoms with Gasteiger partial charge in [0.2, 0.25) is 0 Å². The molecule has 0 aliphatic carbocycles. The van der Waals surface area contributed by atoms with Crippen molar-refractivity contribution in [1.29, 1.82) is 5.26 Å². The summed E-state index contributed by atoms with van der Waals surface area (Å²) in [5.74, 6) is 0.724. The summed E-state index contributed by atoms with van der Waals surface area (Å²) in [6.45, 7) is 1.83. The maximum atomic E-state index is 9.04. The first-order chi connectivity index (χ1) is 8.29. The van der Waals surface area contributed by atoms with Crippen LogP contribution in [0.2, 0.25) is 0 Å². The van der Waals surface area contributed by atoms with Crippen LogP contribution in [-0.2, 0) is 0 Å². The van der Waals surface area contributed by atoms with Gasteiger partial charge in [0, 0.05) is 10.9 Å². The maximum absolute atomic E-state index is 9.04. The number of furan rings is 1. The lowest BCUT2D eigenvalue weighted by atomic mass is 10.1. The number of para-hydroxylation sites is 1. The molecule has 1 N–H and O–H groups in total. The number of hydrogen-bond acceptors (Lipinski definition) is 3. The number of aromatic nitrogens is 2. The molecule has 0 unspecified atom stereocenters. The highest BCUT2D eigenvalue weighted by atomic mass is 16.3. The number of fused-ring (bicyclic) bond motifs is 1. The molecular formula is C13H9N3O. The quantitative estimate of drug-likeness (QED) is 0.689. The molecule has 0 saturated heterocycles. The normalized spacial score (nSPS) is 10.6. The molecule has 0 radical (unpaired) electrons. The fourth-order valence-electron chi connectivity index (χ4n) is 1.94. The first-order valence-electron chi connectivity index (χ1n) is 5.23. The monoisotopic (exact) mass is 223 g/mol. The van der Waals surface area contributed by atoms with Crippen molar-refractivity contribution in [1.82, 2.24) is 9.97 Å². The second kappa shape index (κ2) is 3.49. The molecule has 3 rings (SSSR count). The van der Waals surface area contributed by atoms with Crippen molar-refractivity contribution in [2.45, 2.75) is 6.92 Å². The lowest BCUT2D eigenvalue weighted by Crippen LogP contribution is -1.80. The second-order valence-corrected chi connectivity index (χ2v) is 3.80. The number of rotatable bonds is 1. The van der Waals surface area contributed by atoms with Gasteiger partial charge in [0.05, 0.1) is 5.69 Å². The highest BCUT2D eigenvalue weighted by molar-refractivity contribution is 5.93. The molecule has 4 heteroatoms. The number of imidazole rings is 1. The summed E-state index contributed by atoms with van der Waals surface area (Å²) in [6.07, 6.45) is 1.65. The number of nitriles is 1. The Hall–Kier alpha value is -2.54. The zero-order chi connectivity index (χ0) is 11.8. The molecule has 82 valence electrons. The Labute approximate surface area is 97.5 Å². The minimum atomic E-state index is 0.397. The molecule has 2 heterocycles. The van der Waals surface area contributed by atoms with Crippen LogP contribution in [0, 0.1) is 18.3 Å². The minimum absolute atomic E-state index is 0.397. The number of nitrogens with one attached hydrogen (secondary N) is 1. The van der Waals surface area contributed by atoms with Crippen LogP contribution in [0.1, 0.15) is 11.5 Å². The van der Waals surface area contributed by atoms with Gasteiger partial charge in [0.15, 0.2) is 5.69 Å². The average molecular weight is 223 g/mol. The van der Waals surface area contributed by atoms with Gasteiger partial charge < -0.3 is 9.40 Å². The number of H-pyrrole nitrogens is 1. The van der Waals surface area contributed by atoms with Gasteiger partial charge in [-0.1, -0.05) is 18.2 Å². The highest BCUT2D eigenvalue weighted by Gasteiger charge is 2.14. The van der Waals surface area contributed by atoms with Gasteiger partial charge in [0.25, 0.3) is 0 Å². The first kappa shape index (κ1) is 9.67. The second-order valence-electron chi connectivity index (χ2n) is 3.80. The van der Waals surface area contributed by atoms with E-state index in [4.69, 9.17) is 9.68 Å². The van der Waals surface area contributed by atoms with Crippen molar-refractivity contribution in [3.63, 3.8) is 0 Å². The SMILES string of the molecule is Cc1nc(C#N)c(-c2coc3ccccc23)[nH]1. The van der Waals surface area contributed by atoms with Gasteiger partial charge in [-0.15, -0.1) is 0 Å². The van der Waals surface area contributed by atoms with Gasteiger partial charge >= 0.3 is 0 Å². The van der Waals surface area contributed by atoms with Crippen molar-refractivity contribution in [3.8, 4) is 17.3 Å². The van der Waals surface area contributed by atoms with Crippen LogP contribution >= 0.6 is 0 Å². The third-order valence-corrected chi connectivity index (χ3v) is 2.68. The van der Waals surface area contributed by atoms with Crippen molar-refractivity contribution >= 4 is 11.0 Å². The topological polar surface area (TPSA) is 65.6 Å². The molecule has 0 amide bonds. The number of nitrogens with zero attached hydrogens (tertiary/aromatic N) is 2. The van der Waals surface area contributed by atoms with Crippen molar-refractivity contribution in [2.75, 3.05) is 0 Å². The van der Waals surface area contributed by atoms with Crippen LogP contribution in [0.5, 0.6) is 0 Å². The molecule has 3 aromatic rings. The zero-order valence-electron chi connectivity index (χ0n) is 9.19. The Balaban J connectivity index is 2.31. The molecule has 2 aromatic heterocycles. The summed E-state index contributed by atoms with van der Waals surface area (Å²) in [7, 11) is 0. The van der Waals surface area contributed by atoms with Gasteiger partial charge in [0.1, 0.15) is 23.7 Å². The number of aromatic amines is 1. The molecule has 4 nitrogen and oxygen atoms in total. The molecule has 0 atom stereocenters. The maximum Gasteiger partial charge on any atom is 0.166 e. The zero-order valence-corrected chi connectivity index (χ0v) is 9.19. The lowest BCUT2D eigenvalue weighted by molar-refractivity contribution is 0.617. The Morgan fingerprint density at radius 1 is 1.35 bits per heavy atom. The predicted octanol–water partition coefficient (Wildman–Crippen LogP) is 3.00. The van der Waals surface area contributed by atoms with E-state index in [1.54, 1.807) is 6.26 Å². The molecule has 1 aromatic carbocycles. The van der Waals surface area contributed by atoms with Gasteiger partial charge in [-0.05, 0) is 13.0 Å². The van der Waals surface area contributed by atoms with Crippen LogP contribution in [0.25, 0.3) is 22.2 Å². The minimum Gasteiger partial charge on any atom is -0.464 e. The Morgan fingerprint density at radius 3 is 3.00 bits per heavy atom. The smallest absolute Gasteiger partial charge is 0.166 e. The van der Waals surface area contributed by atoms with E-state index < -0.39 is 0 Å². The summed E-state index contributed by atoms with van der Waals surface area (Å²) in [5.41, 5.74) is 2.79. The number of benzene rings is 1. The van der Waals surface area contributed by atoms with Gasteiger partial charge in [-0.2, -0.15) is 5.26 Å². The highest BCUT2D eigenvalue weighted by Crippen LogP contribution is 2.30. The fraction of sp³-hybridized carbons (Fsp3) is 0.0769. The van der Waals surface area contributed by atoms with E-state index >= 15 is 0 Å². The number of aryl methyl sites for hydroxylation is 1. The van der Waals surface area contributed by atoms with Gasteiger partial charge in [-0.25, -0.2) is 4.98 Å². The van der Waals surface area contributed by atoms with Crippen LogP contribution < -0.4 is 0 Å². The van der Waals surface area contributed by atoms with Gasteiger partial charge in [-0.3, -0.25) is 0 Å². The summed E-state index contributed by atoms with van der Waals surface area (Å²) in [5, 5.41) is 10.0. The molecule has 17 heavy (non-hydrogen) atoms. The molecule has 0 fully saturated rings. The van der Waals surface area contributed by atoms with Crippen LogP contribution in [0.3, 0.4) is 0 Å². The Kier molecular flexibility index (Phi) is 1.99. The predicted molar refractivity (Wildman–Crippen MR) is 63.2 cm³/mol. The van der Waals surface area contributed by atoms with E-state index in [-0.39, 0.29) is 0 Å². The van der Waals surface area contributed by atoms with E-state index in [9.17, 15) is 0 Å². The van der Waals surface area contributed by atoms with Crippen molar-refractivity contribution in [2.24, 2.45) is 0 Å². The van der Waals surface area contributed by atoms with Crippen LogP contribution in [0.15, 0.2) is 34.9 Å². The van der Waals surface area contributed by atoms with E-state index in [0.717, 1.165) is 28.1 Å². The standard InChI is InChI=1S/C13H9N3O/c1-8-15-11(6-14)13(16-8)10-7-17-12-5-3-2-4-9(10)12/h2-5,7H,1H3,(H,15,16). The molecular weight excluding hydrogens is 214 g/mol. The molecule has 0 aliphatic heterocycles.